The van der Waals surface area contributed by atoms with Crippen LogP contribution in [0.25, 0.3) is 5.57 Å². The molecule has 5 heteroatoms. The summed E-state index contributed by atoms with van der Waals surface area (Å²) in [5.41, 5.74) is 6.16. The Hall–Kier alpha value is -2.69. The molecule has 0 unspecified atom stereocenters. The van der Waals surface area contributed by atoms with Crippen molar-refractivity contribution >= 4 is 17.3 Å². The van der Waals surface area contributed by atoms with Crippen LogP contribution in [-0.2, 0) is 29.0 Å². The van der Waals surface area contributed by atoms with Crippen LogP contribution in [0.3, 0.4) is 0 Å². The van der Waals surface area contributed by atoms with Gasteiger partial charge in [0.05, 0.1) is 18.7 Å². The lowest BCUT2D eigenvalue weighted by atomic mass is 10.00. The molecule has 0 saturated carbocycles. The van der Waals surface area contributed by atoms with E-state index in [0.29, 0.717) is 18.5 Å². The van der Waals surface area contributed by atoms with Crippen molar-refractivity contribution in [1.82, 2.24) is 15.5 Å². The van der Waals surface area contributed by atoms with Gasteiger partial charge in [-0.3, -0.25) is 14.7 Å². The van der Waals surface area contributed by atoms with Gasteiger partial charge in [-0.2, -0.15) is 5.10 Å². The van der Waals surface area contributed by atoms with Crippen molar-refractivity contribution < 1.29 is 9.59 Å². The Labute approximate surface area is 159 Å². The van der Waals surface area contributed by atoms with Crippen LogP contribution in [0, 0.1) is 0 Å². The van der Waals surface area contributed by atoms with Gasteiger partial charge in [0.15, 0.2) is 5.78 Å². The van der Waals surface area contributed by atoms with Crippen molar-refractivity contribution in [3.05, 3.63) is 58.4 Å². The summed E-state index contributed by atoms with van der Waals surface area (Å²) in [6.07, 6.45) is 7.05. The summed E-state index contributed by atoms with van der Waals surface area (Å²) in [5, 5.41) is 10.5. The maximum atomic E-state index is 12.5. The number of hydrogen-bond donors (Lipinski definition) is 2. The lowest BCUT2D eigenvalue weighted by molar-refractivity contribution is -0.122. The first kappa shape index (κ1) is 17.7. The minimum Gasteiger partial charge on any atom is -0.350 e. The van der Waals surface area contributed by atoms with Gasteiger partial charge < -0.3 is 5.32 Å². The number of aryl methyl sites for hydroxylation is 1. The van der Waals surface area contributed by atoms with E-state index in [0.717, 1.165) is 36.1 Å². The molecule has 2 aromatic rings. The molecule has 27 heavy (non-hydrogen) atoms. The molecule has 0 radical (unpaired) electrons. The first-order valence-electron chi connectivity index (χ1n) is 9.84. The summed E-state index contributed by atoms with van der Waals surface area (Å²) in [6, 6.07) is 9.90. The van der Waals surface area contributed by atoms with E-state index >= 15 is 0 Å². The number of allylic oxidation sites excluding steroid dienone is 1. The number of ketones is 1. The fraction of sp³-hybridized carbons (Fsp3) is 0.409. The molecule has 5 nitrogen and oxygen atoms in total. The van der Waals surface area contributed by atoms with E-state index in [-0.39, 0.29) is 18.1 Å². The van der Waals surface area contributed by atoms with Crippen LogP contribution >= 0.6 is 0 Å². The van der Waals surface area contributed by atoms with Gasteiger partial charge >= 0.3 is 0 Å². The fourth-order valence-electron chi connectivity index (χ4n) is 4.15. The predicted octanol–water partition coefficient (Wildman–Crippen LogP) is 3.50. The standard InChI is InChI=1S/C22H25N3O2/c26-21-12-11-16(15-7-3-1-4-8-15)18(21)13-22(27)23-14-20-17-9-5-2-6-10-19(17)24-25-20/h1,3-4,7-8H,2,5-6,9-14H2,(H,23,27)(H,24,25). The smallest absolute Gasteiger partial charge is 0.224 e. The van der Waals surface area contributed by atoms with Crippen LogP contribution in [0.2, 0.25) is 0 Å². The fourth-order valence-corrected chi connectivity index (χ4v) is 4.15. The number of nitrogens with zero attached hydrogens (tertiary/aromatic N) is 1. The van der Waals surface area contributed by atoms with Gasteiger partial charge in [-0.1, -0.05) is 36.8 Å². The Morgan fingerprint density at radius 1 is 1.04 bits per heavy atom. The number of amides is 1. The first-order chi connectivity index (χ1) is 13.2. The molecule has 1 heterocycles. The maximum Gasteiger partial charge on any atom is 0.224 e. The van der Waals surface area contributed by atoms with Crippen LogP contribution in [0.4, 0.5) is 0 Å². The number of H-pyrrole nitrogens is 1. The van der Waals surface area contributed by atoms with Crippen LogP contribution in [0.5, 0.6) is 0 Å². The second-order valence-corrected chi connectivity index (χ2v) is 7.39. The molecule has 0 bridgehead atoms. The maximum absolute atomic E-state index is 12.5. The van der Waals surface area contributed by atoms with Gasteiger partial charge in [-0.05, 0) is 48.8 Å². The summed E-state index contributed by atoms with van der Waals surface area (Å²) < 4.78 is 0. The largest absolute Gasteiger partial charge is 0.350 e. The average Bonchev–Trinajstić information content (AvgIpc) is 3.15. The van der Waals surface area contributed by atoms with Crippen molar-refractivity contribution in [3.63, 3.8) is 0 Å². The van der Waals surface area contributed by atoms with E-state index in [9.17, 15) is 9.59 Å². The molecule has 0 aliphatic heterocycles. The second-order valence-electron chi connectivity index (χ2n) is 7.39. The summed E-state index contributed by atoms with van der Waals surface area (Å²) >= 11 is 0. The molecule has 1 aromatic heterocycles. The number of aromatic amines is 1. The number of rotatable bonds is 5. The minimum absolute atomic E-state index is 0.0950. The van der Waals surface area contributed by atoms with Crippen molar-refractivity contribution in [2.75, 3.05) is 0 Å². The van der Waals surface area contributed by atoms with Gasteiger partial charge in [0.2, 0.25) is 5.91 Å². The highest BCUT2D eigenvalue weighted by molar-refractivity contribution is 6.10. The number of carbonyl (C=O) groups is 2. The molecule has 140 valence electrons. The Bertz CT molecular complexity index is 880. The number of carbonyl (C=O) groups excluding carboxylic acids is 2. The van der Waals surface area contributed by atoms with Gasteiger partial charge in [0.25, 0.3) is 0 Å². The number of Topliss-reactive ketones (excluding diaryl/α,β-unsaturated/α-hetero) is 1. The average molecular weight is 363 g/mol. The Balaban J connectivity index is 1.43. The van der Waals surface area contributed by atoms with E-state index in [1.807, 2.05) is 30.3 Å². The van der Waals surface area contributed by atoms with Crippen molar-refractivity contribution in [1.29, 1.82) is 0 Å². The van der Waals surface area contributed by atoms with Crippen molar-refractivity contribution in [2.24, 2.45) is 0 Å². The van der Waals surface area contributed by atoms with Crippen LogP contribution in [0.15, 0.2) is 35.9 Å². The highest BCUT2D eigenvalue weighted by Crippen LogP contribution is 2.33. The molecule has 2 aliphatic carbocycles. The molecule has 2 aliphatic rings. The number of benzene rings is 1. The zero-order valence-corrected chi connectivity index (χ0v) is 15.5. The molecule has 0 spiro atoms. The molecule has 1 amide bonds. The van der Waals surface area contributed by atoms with Crippen LogP contribution in [0.1, 0.15) is 61.0 Å². The van der Waals surface area contributed by atoms with E-state index in [1.165, 1.54) is 30.5 Å². The summed E-state index contributed by atoms with van der Waals surface area (Å²) in [7, 11) is 0. The third-order valence-corrected chi connectivity index (χ3v) is 5.61. The first-order valence-corrected chi connectivity index (χ1v) is 9.84. The van der Waals surface area contributed by atoms with Gasteiger partial charge in [0.1, 0.15) is 0 Å². The van der Waals surface area contributed by atoms with Crippen LogP contribution in [-0.4, -0.2) is 21.9 Å². The Morgan fingerprint density at radius 2 is 1.85 bits per heavy atom. The summed E-state index contributed by atoms with van der Waals surface area (Å²) in [4.78, 5) is 24.8. The lowest BCUT2D eigenvalue weighted by Gasteiger charge is -2.08. The Kier molecular flexibility index (Phi) is 5.19. The molecule has 0 saturated heterocycles. The molecule has 2 N–H and O–H groups in total. The number of hydrogen-bond acceptors (Lipinski definition) is 3. The van der Waals surface area contributed by atoms with E-state index in [2.05, 4.69) is 15.5 Å². The number of nitrogens with one attached hydrogen (secondary N) is 2. The van der Waals surface area contributed by atoms with Gasteiger partial charge in [0, 0.05) is 17.7 Å². The van der Waals surface area contributed by atoms with Crippen molar-refractivity contribution in [3.8, 4) is 0 Å². The third kappa shape index (κ3) is 3.87. The molecular formula is C22H25N3O2. The lowest BCUT2D eigenvalue weighted by Crippen LogP contribution is -2.24. The predicted molar refractivity (Wildman–Crippen MR) is 104 cm³/mol. The second kappa shape index (κ2) is 7.91. The van der Waals surface area contributed by atoms with Gasteiger partial charge in [-0.25, -0.2) is 0 Å². The quantitative estimate of drug-likeness (QED) is 0.799. The van der Waals surface area contributed by atoms with E-state index < -0.39 is 0 Å². The Morgan fingerprint density at radius 3 is 2.70 bits per heavy atom. The van der Waals surface area contributed by atoms with Gasteiger partial charge in [-0.15, -0.1) is 0 Å². The number of aromatic nitrogens is 2. The monoisotopic (exact) mass is 363 g/mol. The molecule has 0 fully saturated rings. The molecular weight excluding hydrogens is 338 g/mol. The molecule has 4 rings (SSSR count). The summed E-state index contributed by atoms with van der Waals surface area (Å²) in [6.45, 7) is 0.423. The third-order valence-electron chi connectivity index (χ3n) is 5.61. The number of fused-ring (bicyclic) bond motifs is 1. The zero-order chi connectivity index (χ0) is 18.6. The highest BCUT2D eigenvalue weighted by Gasteiger charge is 2.26. The molecule has 0 atom stereocenters. The normalized spacial score (nSPS) is 17.0. The summed E-state index contributed by atoms with van der Waals surface area (Å²) in [5.74, 6) is -0.0170. The molecule has 1 aromatic carbocycles. The minimum atomic E-state index is -0.112. The zero-order valence-electron chi connectivity index (χ0n) is 15.5. The SMILES string of the molecule is O=C(CC1=C(c2ccccc2)CCC1=O)NCc1n[nH]c2c1CCCCC2. The highest BCUT2D eigenvalue weighted by atomic mass is 16.2. The van der Waals surface area contributed by atoms with E-state index in [1.54, 1.807) is 0 Å². The topological polar surface area (TPSA) is 74.8 Å². The van der Waals surface area contributed by atoms with E-state index in [4.69, 9.17) is 0 Å². The van der Waals surface area contributed by atoms with Crippen LogP contribution < -0.4 is 5.32 Å². The van der Waals surface area contributed by atoms with Crippen molar-refractivity contribution in [2.45, 2.75) is 57.9 Å².